The maximum atomic E-state index is 12.9. The highest BCUT2D eigenvalue weighted by Gasteiger charge is 2.18. The third-order valence-corrected chi connectivity index (χ3v) is 5.75. The Balaban J connectivity index is 1.76. The van der Waals surface area contributed by atoms with Crippen molar-refractivity contribution in [2.75, 3.05) is 19.5 Å². The molecular weight excluding hydrogens is 388 g/mol. The number of aryl methyl sites for hydroxylation is 2. The van der Waals surface area contributed by atoms with E-state index in [9.17, 15) is 9.59 Å². The molecule has 0 saturated carbocycles. The number of thioether (sulfide) groups is 1. The molecular formula is C21H26N4O3S. The van der Waals surface area contributed by atoms with Gasteiger partial charge in [0.1, 0.15) is 0 Å². The Kier molecular flexibility index (Phi) is 6.76. The number of nitrogens with one attached hydrogen (secondary N) is 1. The fraction of sp³-hybridized carbons (Fsp3) is 0.381. The molecule has 3 rings (SSSR count). The summed E-state index contributed by atoms with van der Waals surface area (Å²) < 4.78 is 8.68. The van der Waals surface area contributed by atoms with E-state index < -0.39 is 0 Å². The molecule has 0 saturated heterocycles. The van der Waals surface area contributed by atoms with E-state index in [0.29, 0.717) is 30.3 Å². The zero-order chi connectivity index (χ0) is 21.0. The molecule has 1 aromatic carbocycles. The maximum absolute atomic E-state index is 12.9. The van der Waals surface area contributed by atoms with E-state index in [2.05, 4.69) is 33.8 Å². The molecule has 154 valence electrons. The summed E-state index contributed by atoms with van der Waals surface area (Å²) in [6, 6.07) is 10.1. The fourth-order valence-corrected chi connectivity index (χ4v) is 4.25. The summed E-state index contributed by atoms with van der Waals surface area (Å²) in [6.45, 7) is 7.08. The van der Waals surface area contributed by atoms with Crippen LogP contribution in [0.2, 0.25) is 0 Å². The molecule has 0 atom stereocenters. The summed E-state index contributed by atoms with van der Waals surface area (Å²) in [5, 5.41) is 7.03. The molecule has 1 N–H and O–H groups in total. The lowest BCUT2D eigenvalue weighted by molar-refractivity contribution is 0.102. The minimum atomic E-state index is -0.270. The highest BCUT2D eigenvalue weighted by atomic mass is 32.2. The molecule has 0 fully saturated rings. The van der Waals surface area contributed by atoms with Crippen molar-refractivity contribution in [1.82, 2.24) is 19.3 Å². The number of benzene rings is 1. The number of H-pyrrole nitrogens is 1. The van der Waals surface area contributed by atoms with Gasteiger partial charge in [-0.2, -0.15) is 0 Å². The number of ether oxygens (including phenoxy) is 1. The third-order valence-electron chi connectivity index (χ3n) is 4.78. The van der Waals surface area contributed by atoms with Crippen LogP contribution in [0.25, 0.3) is 5.69 Å². The first-order chi connectivity index (χ1) is 13.9. The quantitative estimate of drug-likeness (QED) is 0.330. The van der Waals surface area contributed by atoms with Gasteiger partial charge in [0.05, 0.1) is 5.75 Å². The molecule has 3 aromatic rings. The molecule has 29 heavy (non-hydrogen) atoms. The van der Waals surface area contributed by atoms with Crippen LogP contribution in [-0.4, -0.2) is 44.6 Å². The Morgan fingerprint density at radius 1 is 1.24 bits per heavy atom. The van der Waals surface area contributed by atoms with E-state index in [1.807, 2.05) is 32.0 Å². The summed E-state index contributed by atoms with van der Waals surface area (Å²) in [6.07, 6.45) is 0.703. The number of carbonyl (C=O) groups is 1. The van der Waals surface area contributed by atoms with Gasteiger partial charge in [0, 0.05) is 42.9 Å². The second kappa shape index (κ2) is 9.28. The van der Waals surface area contributed by atoms with Crippen LogP contribution in [0.1, 0.15) is 33.7 Å². The van der Waals surface area contributed by atoms with Gasteiger partial charge in [-0.05, 0) is 51.0 Å². The Bertz CT molecular complexity index is 1060. The Morgan fingerprint density at radius 3 is 2.76 bits per heavy atom. The summed E-state index contributed by atoms with van der Waals surface area (Å²) in [4.78, 5) is 24.8. The average molecular weight is 415 g/mol. The maximum Gasteiger partial charge on any atom is 0.343 e. The molecule has 0 bridgehead atoms. The molecule has 0 aliphatic rings. The number of aromatic nitrogens is 4. The van der Waals surface area contributed by atoms with Gasteiger partial charge in [-0.1, -0.05) is 23.9 Å². The number of aromatic amines is 1. The lowest BCUT2D eigenvalue weighted by Gasteiger charge is -2.10. The molecule has 0 aliphatic heterocycles. The van der Waals surface area contributed by atoms with Crippen molar-refractivity contribution >= 4 is 17.5 Å². The lowest BCUT2D eigenvalue weighted by atomic mass is 10.2. The van der Waals surface area contributed by atoms with Crippen LogP contribution in [0.4, 0.5) is 0 Å². The number of carbonyl (C=O) groups excluding carboxylic acids is 1. The second-order valence-corrected chi connectivity index (χ2v) is 7.92. The number of Topliss-reactive ketones (excluding diaryl/α,β-unsaturated/α-hetero) is 1. The van der Waals surface area contributed by atoms with Gasteiger partial charge in [-0.25, -0.2) is 9.89 Å². The van der Waals surface area contributed by atoms with Gasteiger partial charge >= 0.3 is 5.69 Å². The zero-order valence-corrected chi connectivity index (χ0v) is 18.0. The van der Waals surface area contributed by atoms with Crippen molar-refractivity contribution < 1.29 is 9.53 Å². The Hall–Kier alpha value is -2.58. The van der Waals surface area contributed by atoms with E-state index in [0.717, 1.165) is 17.1 Å². The first-order valence-electron chi connectivity index (χ1n) is 9.48. The van der Waals surface area contributed by atoms with Crippen molar-refractivity contribution in [3.63, 3.8) is 0 Å². The van der Waals surface area contributed by atoms with Crippen molar-refractivity contribution in [2.45, 2.75) is 38.9 Å². The summed E-state index contributed by atoms with van der Waals surface area (Å²) in [7, 11) is 1.62. The Labute approximate surface area is 174 Å². The van der Waals surface area contributed by atoms with Gasteiger partial charge in [0.15, 0.2) is 10.9 Å². The summed E-state index contributed by atoms with van der Waals surface area (Å²) >= 11 is 1.27. The zero-order valence-electron chi connectivity index (χ0n) is 17.2. The molecule has 0 spiro atoms. The van der Waals surface area contributed by atoms with E-state index in [4.69, 9.17) is 4.74 Å². The van der Waals surface area contributed by atoms with E-state index >= 15 is 0 Å². The number of rotatable bonds is 9. The number of ketones is 1. The third kappa shape index (κ3) is 4.71. The molecule has 0 unspecified atom stereocenters. The normalized spacial score (nSPS) is 11.2. The number of hydrogen-bond donors (Lipinski definition) is 1. The molecule has 2 heterocycles. The van der Waals surface area contributed by atoms with Crippen molar-refractivity contribution in [2.24, 2.45) is 0 Å². The predicted molar refractivity (Wildman–Crippen MR) is 114 cm³/mol. The monoisotopic (exact) mass is 414 g/mol. The van der Waals surface area contributed by atoms with Gasteiger partial charge in [0.25, 0.3) is 0 Å². The number of hydrogen-bond acceptors (Lipinski definition) is 5. The SMILES string of the molecule is COCCCn1c(SCC(=O)c2cc(C)n(-c3cccc(C)c3)c2C)n[nH]c1=O. The van der Waals surface area contributed by atoms with Crippen molar-refractivity contribution in [3.8, 4) is 5.69 Å². The largest absolute Gasteiger partial charge is 0.385 e. The van der Waals surface area contributed by atoms with E-state index in [1.54, 1.807) is 11.7 Å². The first kappa shape index (κ1) is 21.1. The van der Waals surface area contributed by atoms with Gasteiger partial charge < -0.3 is 9.30 Å². The minimum absolute atomic E-state index is 0.0147. The molecule has 0 aliphatic carbocycles. The molecule has 8 heteroatoms. The highest BCUT2D eigenvalue weighted by molar-refractivity contribution is 7.99. The molecule has 0 radical (unpaired) electrons. The number of methoxy groups -OCH3 is 1. The molecule has 2 aromatic heterocycles. The Morgan fingerprint density at radius 2 is 2.03 bits per heavy atom. The minimum Gasteiger partial charge on any atom is -0.385 e. The van der Waals surface area contributed by atoms with Crippen LogP contribution in [0.5, 0.6) is 0 Å². The van der Waals surface area contributed by atoms with Crippen LogP contribution < -0.4 is 5.69 Å². The van der Waals surface area contributed by atoms with Crippen molar-refractivity contribution in [3.05, 3.63) is 63.3 Å². The fourth-order valence-electron chi connectivity index (χ4n) is 3.39. The number of nitrogens with zero attached hydrogens (tertiary/aromatic N) is 3. The van der Waals surface area contributed by atoms with Crippen LogP contribution in [0, 0.1) is 20.8 Å². The van der Waals surface area contributed by atoms with Crippen LogP contribution in [0.15, 0.2) is 40.3 Å². The summed E-state index contributed by atoms with van der Waals surface area (Å²) in [5.74, 6) is 0.230. The standard InChI is InChI=1S/C21H26N4O3S/c1-14-7-5-8-17(11-14)25-15(2)12-18(16(25)3)19(26)13-29-21-23-22-20(27)24(21)9-6-10-28-4/h5,7-8,11-12H,6,9-10,13H2,1-4H3,(H,22,27). The summed E-state index contributed by atoms with van der Waals surface area (Å²) in [5.41, 5.74) is 4.57. The van der Waals surface area contributed by atoms with E-state index in [1.165, 1.54) is 17.3 Å². The first-order valence-corrected chi connectivity index (χ1v) is 10.5. The lowest BCUT2D eigenvalue weighted by Crippen LogP contribution is -2.18. The topological polar surface area (TPSA) is 81.9 Å². The second-order valence-electron chi connectivity index (χ2n) is 6.98. The van der Waals surface area contributed by atoms with Gasteiger partial charge in [0.2, 0.25) is 0 Å². The molecule has 0 amide bonds. The van der Waals surface area contributed by atoms with Crippen molar-refractivity contribution in [1.29, 1.82) is 0 Å². The average Bonchev–Trinajstić information content (AvgIpc) is 3.19. The highest BCUT2D eigenvalue weighted by Crippen LogP contribution is 2.24. The van der Waals surface area contributed by atoms with Crippen LogP contribution in [-0.2, 0) is 11.3 Å². The van der Waals surface area contributed by atoms with Crippen LogP contribution in [0.3, 0.4) is 0 Å². The van der Waals surface area contributed by atoms with Crippen LogP contribution >= 0.6 is 11.8 Å². The smallest absolute Gasteiger partial charge is 0.343 e. The predicted octanol–water partition coefficient (Wildman–Crippen LogP) is 3.30. The van der Waals surface area contributed by atoms with Gasteiger partial charge in [-0.3, -0.25) is 9.36 Å². The molecule has 7 nitrogen and oxygen atoms in total. The van der Waals surface area contributed by atoms with Gasteiger partial charge in [-0.15, -0.1) is 5.10 Å². The van der Waals surface area contributed by atoms with E-state index in [-0.39, 0.29) is 17.2 Å².